The topological polar surface area (TPSA) is 23.8 Å². The van der Waals surface area contributed by atoms with Crippen LogP contribution in [0.5, 0.6) is 0 Å². The summed E-state index contributed by atoms with van der Waals surface area (Å²) in [6.07, 6.45) is 2.46. The zero-order chi connectivity index (χ0) is 7.82. The van der Waals surface area contributed by atoms with Gasteiger partial charge in [0.05, 0.1) is 6.07 Å². The second-order valence-electron chi connectivity index (χ2n) is 2.31. The molecule has 0 N–H and O–H groups in total. The molecule has 0 aliphatic rings. The van der Waals surface area contributed by atoms with Crippen LogP contribution < -0.4 is 0 Å². The maximum absolute atomic E-state index is 8.18. The second-order valence-corrected chi connectivity index (χ2v) is 4.56. The van der Waals surface area contributed by atoms with Gasteiger partial charge in [-0.2, -0.15) is 5.26 Å². The van der Waals surface area contributed by atoms with Gasteiger partial charge in [-0.05, 0) is 6.42 Å². The lowest BCUT2D eigenvalue weighted by molar-refractivity contribution is 0.894. The van der Waals surface area contributed by atoms with Gasteiger partial charge in [-0.1, -0.05) is 13.1 Å². The van der Waals surface area contributed by atoms with E-state index in [1.165, 1.54) is 0 Å². The van der Waals surface area contributed by atoms with Gasteiger partial charge in [-0.25, -0.2) is 0 Å². The molecule has 2 heteroatoms. The van der Waals surface area contributed by atoms with Gasteiger partial charge in [0.25, 0.3) is 0 Å². The van der Waals surface area contributed by atoms with E-state index in [9.17, 15) is 0 Å². The van der Waals surface area contributed by atoms with E-state index >= 15 is 0 Å². The summed E-state index contributed by atoms with van der Waals surface area (Å²) in [6, 6.07) is 2.10. The first-order chi connectivity index (χ1) is 4.77. The van der Waals surface area contributed by atoms with Crippen LogP contribution in [-0.4, -0.2) is 8.80 Å². The molecule has 0 aromatic carbocycles. The highest BCUT2D eigenvalue weighted by atomic mass is 28.3. The van der Waals surface area contributed by atoms with Crippen LogP contribution in [0.15, 0.2) is 0 Å². The summed E-state index contributed by atoms with van der Waals surface area (Å²) < 4.78 is 0. The predicted molar refractivity (Wildman–Crippen MR) is 44.7 cm³/mol. The highest BCUT2D eigenvalue weighted by molar-refractivity contribution is 6.64. The van der Waals surface area contributed by atoms with E-state index in [0.29, 0.717) is 6.42 Å². The van der Waals surface area contributed by atoms with Gasteiger partial charge >= 0.3 is 0 Å². The van der Waals surface area contributed by atoms with Crippen LogP contribution in [0.25, 0.3) is 0 Å². The highest BCUT2D eigenvalue weighted by Crippen LogP contribution is 1.90. The molecule has 10 heavy (non-hydrogen) atoms. The molecule has 0 saturated carbocycles. The Labute approximate surface area is 64.7 Å². The van der Waals surface area contributed by atoms with Crippen LogP contribution in [0.3, 0.4) is 0 Å². The monoisotopic (exact) mass is 150 g/mol. The zero-order valence-electron chi connectivity index (χ0n) is 6.57. The van der Waals surface area contributed by atoms with Gasteiger partial charge in [0.15, 0.2) is 0 Å². The minimum absolute atomic E-state index is 0.366. The molecule has 0 aliphatic heterocycles. The Morgan fingerprint density at radius 1 is 1.30 bits per heavy atom. The predicted octanol–water partition coefficient (Wildman–Crippen LogP) is 1.98. The number of nitrogens with zero attached hydrogens (tertiary/aromatic N) is 1. The van der Waals surface area contributed by atoms with Crippen molar-refractivity contribution in [2.24, 2.45) is 0 Å². The summed E-state index contributed by atoms with van der Waals surface area (Å²) in [5.41, 5.74) is 3.15. The summed E-state index contributed by atoms with van der Waals surface area (Å²) in [6.45, 7) is 4.34. The van der Waals surface area contributed by atoms with Crippen molar-refractivity contribution in [1.29, 1.82) is 5.26 Å². The van der Waals surface area contributed by atoms with Crippen molar-refractivity contribution in [3.05, 3.63) is 0 Å². The molecule has 0 bridgehead atoms. The van der Waals surface area contributed by atoms with Crippen LogP contribution in [-0.2, 0) is 0 Å². The van der Waals surface area contributed by atoms with Crippen LogP contribution in [0.4, 0.5) is 0 Å². The molecule has 0 atom stereocenters. The van der Waals surface area contributed by atoms with Gasteiger partial charge in [0.2, 0.25) is 0 Å². The first-order valence-electron chi connectivity index (χ1n) is 3.43. The fraction of sp³-hybridized carbons (Fsp3) is 0.625. The van der Waals surface area contributed by atoms with Crippen molar-refractivity contribution in [3.63, 3.8) is 0 Å². The van der Waals surface area contributed by atoms with Gasteiger partial charge in [0, 0.05) is 12.8 Å². The Kier molecular flexibility index (Phi) is 5.92. The second kappa shape index (κ2) is 6.39. The smallest absolute Gasteiger partial charge is 0.138 e. The lowest BCUT2D eigenvalue weighted by Crippen LogP contribution is -1.92. The third kappa shape index (κ3) is 7.27. The Balaban J connectivity index is 3.22. The zero-order valence-corrected chi connectivity index (χ0v) is 7.57. The van der Waals surface area contributed by atoms with Crippen LogP contribution in [0, 0.1) is 22.8 Å². The number of hydrogen-bond acceptors (Lipinski definition) is 1. The molecule has 1 nitrogen and oxygen atoms in total. The third-order valence-corrected chi connectivity index (χ3v) is 1.61. The van der Waals surface area contributed by atoms with E-state index in [-0.39, 0.29) is 8.80 Å². The van der Waals surface area contributed by atoms with Gasteiger partial charge in [-0.15, -0.1) is 11.5 Å². The minimum Gasteiger partial charge on any atom is -0.198 e. The fourth-order valence-electron chi connectivity index (χ4n) is 0.495. The SMILES string of the molecule is C[Si](C)C#CCCCC#N. The maximum Gasteiger partial charge on any atom is 0.138 e. The van der Waals surface area contributed by atoms with E-state index < -0.39 is 0 Å². The number of rotatable bonds is 2. The van der Waals surface area contributed by atoms with E-state index in [2.05, 4.69) is 30.6 Å². The Morgan fingerprint density at radius 3 is 2.50 bits per heavy atom. The fourth-order valence-corrected chi connectivity index (χ4v) is 0.974. The number of unbranched alkanes of at least 4 members (excludes halogenated alkanes) is 2. The average molecular weight is 150 g/mol. The van der Waals surface area contributed by atoms with E-state index in [0.717, 1.165) is 12.8 Å². The third-order valence-electron chi connectivity index (χ3n) is 0.929. The molecule has 0 fully saturated rings. The van der Waals surface area contributed by atoms with E-state index in [1.54, 1.807) is 0 Å². The van der Waals surface area contributed by atoms with E-state index in [1.807, 2.05) is 0 Å². The minimum atomic E-state index is -0.366. The number of hydrogen-bond donors (Lipinski definition) is 0. The van der Waals surface area contributed by atoms with Crippen molar-refractivity contribution in [3.8, 4) is 17.5 Å². The normalized spacial score (nSPS) is 8.20. The summed E-state index contributed by atoms with van der Waals surface area (Å²) in [4.78, 5) is 0. The molecule has 1 radical (unpaired) electrons. The van der Waals surface area contributed by atoms with Crippen molar-refractivity contribution < 1.29 is 0 Å². The standard InChI is InChI=1S/C8H12NSi/c1-10(2)8-6-4-3-5-7-9/h3-5H2,1-2H3. The Morgan fingerprint density at radius 2 is 2.00 bits per heavy atom. The molecule has 0 heterocycles. The van der Waals surface area contributed by atoms with Gasteiger partial charge in [0.1, 0.15) is 8.80 Å². The molecule has 0 unspecified atom stereocenters. The first-order valence-corrected chi connectivity index (χ1v) is 5.93. The number of nitriles is 1. The molecule has 0 aromatic rings. The summed E-state index contributed by atoms with van der Waals surface area (Å²) in [5.74, 6) is 3.06. The quantitative estimate of drug-likeness (QED) is 0.335. The van der Waals surface area contributed by atoms with Gasteiger partial charge < -0.3 is 0 Å². The first kappa shape index (κ1) is 9.27. The Bertz CT molecular complexity index is 168. The molecule has 0 aliphatic carbocycles. The average Bonchev–Trinajstić information content (AvgIpc) is 1.87. The summed E-state index contributed by atoms with van der Waals surface area (Å²) in [5, 5.41) is 8.18. The lowest BCUT2D eigenvalue weighted by atomic mass is 10.3. The molecular formula is C8H12NSi. The molecule has 0 rings (SSSR count). The molecule has 0 saturated heterocycles. The molecule has 53 valence electrons. The summed E-state index contributed by atoms with van der Waals surface area (Å²) in [7, 11) is -0.366. The highest BCUT2D eigenvalue weighted by Gasteiger charge is 1.84. The van der Waals surface area contributed by atoms with Crippen LogP contribution in [0.1, 0.15) is 19.3 Å². The summed E-state index contributed by atoms with van der Waals surface area (Å²) >= 11 is 0. The lowest BCUT2D eigenvalue weighted by Gasteiger charge is -1.84. The molecule has 0 aromatic heterocycles. The van der Waals surface area contributed by atoms with Gasteiger partial charge in [-0.3, -0.25) is 0 Å². The van der Waals surface area contributed by atoms with Crippen molar-refractivity contribution >= 4 is 8.80 Å². The largest absolute Gasteiger partial charge is 0.198 e. The van der Waals surface area contributed by atoms with Crippen molar-refractivity contribution in [2.45, 2.75) is 32.4 Å². The van der Waals surface area contributed by atoms with Crippen molar-refractivity contribution in [2.75, 3.05) is 0 Å². The maximum atomic E-state index is 8.18. The van der Waals surface area contributed by atoms with Crippen LogP contribution >= 0.6 is 0 Å². The molecular weight excluding hydrogens is 138 g/mol. The van der Waals surface area contributed by atoms with Crippen LogP contribution in [0.2, 0.25) is 13.1 Å². The molecule has 0 amide bonds. The molecule has 0 spiro atoms. The van der Waals surface area contributed by atoms with E-state index in [4.69, 9.17) is 5.26 Å². The Hall–Kier alpha value is -0.733. The van der Waals surface area contributed by atoms with Crippen molar-refractivity contribution in [1.82, 2.24) is 0 Å².